The van der Waals surface area contributed by atoms with Gasteiger partial charge in [0, 0.05) is 13.1 Å². The summed E-state index contributed by atoms with van der Waals surface area (Å²) in [6.07, 6.45) is 1.40. The first-order valence-electron chi connectivity index (χ1n) is 6.40. The summed E-state index contributed by atoms with van der Waals surface area (Å²) in [6, 6.07) is 9.58. The zero-order valence-corrected chi connectivity index (χ0v) is 12.0. The molecule has 6 heteroatoms. The molecule has 2 rings (SSSR count). The van der Waals surface area contributed by atoms with Crippen LogP contribution in [0.2, 0.25) is 0 Å². The SMILES string of the molecule is COc1ncnc(OC)c1CNCc1cccc(C#N)c1. The molecule has 0 unspecified atom stereocenters. The highest BCUT2D eigenvalue weighted by molar-refractivity contribution is 5.35. The van der Waals surface area contributed by atoms with Crippen LogP contribution in [0.25, 0.3) is 0 Å². The van der Waals surface area contributed by atoms with Crippen molar-refractivity contribution in [3.8, 4) is 17.8 Å². The minimum absolute atomic E-state index is 0.486. The van der Waals surface area contributed by atoms with Gasteiger partial charge in [0.05, 0.1) is 31.4 Å². The van der Waals surface area contributed by atoms with Crippen molar-refractivity contribution < 1.29 is 9.47 Å². The minimum Gasteiger partial charge on any atom is -0.481 e. The lowest BCUT2D eigenvalue weighted by atomic mass is 10.1. The number of benzene rings is 1. The predicted octanol–water partition coefficient (Wildman–Crippen LogP) is 1.66. The van der Waals surface area contributed by atoms with E-state index < -0.39 is 0 Å². The molecule has 1 aromatic heterocycles. The van der Waals surface area contributed by atoms with E-state index in [1.807, 2.05) is 18.2 Å². The summed E-state index contributed by atoms with van der Waals surface area (Å²) >= 11 is 0. The van der Waals surface area contributed by atoms with Crippen molar-refractivity contribution in [3.63, 3.8) is 0 Å². The van der Waals surface area contributed by atoms with Gasteiger partial charge in [-0.3, -0.25) is 0 Å². The van der Waals surface area contributed by atoms with Gasteiger partial charge in [0.15, 0.2) is 0 Å². The fourth-order valence-corrected chi connectivity index (χ4v) is 1.97. The zero-order valence-electron chi connectivity index (χ0n) is 12.0. The van der Waals surface area contributed by atoms with Crippen LogP contribution >= 0.6 is 0 Å². The third kappa shape index (κ3) is 3.68. The van der Waals surface area contributed by atoms with E-state index in [-0.39, 0.29) is 0 Å². The Labute approximate surface area is 123 Å². The van der Waals surface area contributed by atoms with Gasteiger partial charge < -0.3 is 14.8 Å². The van der Waals surface area contributed by atoms with E-state index in [0.29, 0.717) is 30.4 Å². The molecule has 0 spiro atoms. The number of hydrogen-bond donors (Lipinski definition) is 1. The molecule has 21 heavy (non-hydrogen) atoms. The summed E-state index contributed by atoms with van der Waals surface area (Å²) in [4.78, 5) is 8.12. The van der Waals surface area contributed by atoms with Crippen molar-refractivity contribution in [1.82, 2.24) is 15.3 Å². The number of nitriles is 1. The molecular weight excluding hydrogens is 268 g/mol. The second kappa shape index (κ2) is 7.22. The van der Waals surface area contributed by atoms with Crippen molar-refractivity contribution in [3.05, 3.63) is 47.3 Å². The molecule has 0 aliphatic heterocycles. The average Bonchev–Trinajstić information content (AvgIpc) is 2.55. The molecule has 2 aromatic rings. The Kier molecular flexibility index (Phi) is 5.07. The average molecular weight is 284 g/mol. The standard InChI is InChI=1S/C15H16N4O2/c1-20-14-13(15(21-2)19-10-18-14)9-17-8-12-5-3-4-11(6-12)7-16/h3-6,10,17H,8-9H2,1-2H3. The summed E-state index contributed by atoms with van der Waals surface area (Å²) in [5, 5.41) is 12.2. The van der Waals surface area contributed by atoms with Gasteiger partial charge in [-0.2, -0.15) is 5.26 Å². The quantitative estimate of drug-likeness (QED) is 0.869. The number of aromatic nitrogens is 2. The van der Waals surface area contributed by atoms with Crippen molar-refractivity contribution in [2.75, 3.05) is 14.2 Å². The molecular formula is C15H16N4O2. The number of ether oxygens (including phenoxy) is 2. The van der Waals surface area contributed by atoms with Crippen molar-refractivity contribution in [1.29, 1.82) is 5.26 Å². The van der Waals surface area contributed by atoms with Crippen LogP contribution in [-0.2, 0) is 13.1 Å². The molecule has 0 radical (unpaired) electrons. The van der Waals surface area contributed by atoms with Crippen LogP contribution in [0, 0.1) is 11.3 Å². The minimum atomic E-state index is 0.486. The molecule has 1 N–H and O–H groups in total. The monoisotopic (exact) mass is 284 g/mol. The van der Waals surface area contributed by atoms with Gasteiger partial charge in [0.2, 0.25) is 11.8 Å². The summed E-state index contributed by atoms with van der Waals surface area (Å²) in [6.45, 7) is 1.13. The van der Waals surface area contributed by atoms with Gasteiger partial charge in [-0.1, -0.05) is 12.1 Å². The maximum Gasteiger partial charge on any atom is 0.224 e. The molecule has 0 saturated carbocycles. The molecule has 0 atom stereocenters. The highest BCUT2D eigenvalue weighted by Gasteiger charge is 2.12. The number of hydrogen-bond acceptors (Lipinski definition) is 6. The highest BCUT2D eigenvalue weighted by Crippen LogP contribution is 2.22. The van der Waals surface area contributed by atoms with Gasteiger partial charge in [-0.15, -0.1) is 0 Å². The molecule has 1 aromatic carbocycles. The Balaban J connectivity index is 2.05. The van der Waals surface area contributed by atoms with E-state index >= 15 is 0 Å². The van der Waals surface area contributed by atoms with Crippen LogP contribution in [0.1, 0.15) is 16.7 Å². The lowest BCUT2D eigenvalue weighted by Crippen LogP contribution is -2.15. The van der Waals surface area contributed by atoms with Crippen LogP contribution in [-0.4, -0.2) is 24.2 Å². The largest absolute Gasteiger partial charge is 0.481 e. The molecule has 0 saturated heterocycles. The highest BCUT2D eigenvalue weighted by atomic mass is 16.5. The van der Waals surface area contributed by atoms with Crippen LogP contribution in [0.5, 0.6) is 11.8 Å². The lowest BCUT2D eigenvalue weighted by molar-refractivity contribution is 0.359. The number of rotatable bonds is 6. The molecule has 0 amide bonds. The van der Waals surface area contributed by atoms with Crippen LogP contribution in [0.15, 0.2) is 30.6 Å². The molecule has 6 nitrogen and oxygen atoms in total. The van der Waals surface area contributed by atoms with Gasteiger partial charge in [0.1, 0.15) is 6.33 Å². The maximum atomic E-state index is 8.88. The van der Waals surface area contributed by atoms with Crippen molar-refractivity contribution in [2.24, 2.45) is 0 Å². The molecule has 0 fully saturated rings. The molecule has 0 bridgehead atoms. The number of nitrogens with one attached hydrogen (secondary N) is 1. The number of nitrogens with zero attached hydrogens (tertiary/aromatic N) is 3. The first kappa shape index (κ1) is 14.8. The van der Waals surface area contributed by atoms with Gasteiger partial charge in [-0.25, -0.2) is 9.97 Å². The second-order valence-corrected chi connectivity index (χ2v) is 4.29. The van der Waals surface area contributed by atoms with E-state index in [1.54, 1.807) is 20.3 Å². The van der Waals surface area contributed by atoms with Gasteiger partial charge in [-0.05, 0) is 17.7 Å². The molecule has 0 aliphatic carbocycles. The molecule has 0 aliphatic rings. The van der Waals surface area contributed by atoms with E-state index in [4.69, 9.17) is 14.7 Å². The third-order valence-electron chi connectivity index (χ3n) is 2.94. The fourth-order valence-electron chi connectivity index (χ4n) is 1.97. The fraction of sp³-hybridized carbons (Fsp3) is 0.267. The van der Waals surface area contributed by atoms with E-state index in [0.717, 1.165) is 11.1 Å². The first-order valence-corrected chi connectivity index (χ1v) is 6.40. The van der Waals surface area contributed by atoms with Crippen LogP contribution in [0.4, 0.5) is 0 Å². The van der Waals surface area contributed by atoms with E-state index in [2.05, 4.69) is 21.4 Å². The van der Waals surface area contributed by atoms with Gasteiger partial charge >= 0.3 is 0 Å². The molecule has 1 heterocycles. The zero-order chi connectivity index (χ0) is 15.1. The van der Waals surface area contributed by atoms with E-state index in [9.17, 15) is 0 Å². The van der Waals surface area contributed by atoms with Crippen molar-refractivity contribution in [2.45, 2.75) is 13.1 Å². The summed E-state index contributed by atoms with van der Waals surface area (Å²) < 4.78 is 10.4. The number of methoxy groups -OCH3 is 2. The lowest BCUT2D eigenvalue weighted by Gasteiger charge is -2.11. The van der Waals surface area contributed by atoms with Crippen LogP contribution < -0.4 is 14.8 Å². The Hall–Kier alpha value is -2.65. The van der Waals surface area contributed by atoms with Crippen molar-refractivity contribution >= 4 is 0 Å². The van der Waals surface area contributed by atoms with Crippen LogP contribution in [0.3, 0.4) is 0 Å². The van der Waals surface area contributed by atoms with E-state index in [1.165, 1.54) is 6.33 Å². The third-order valence-corrected chi connectivity index (χ3v) is 2.94. The smallest absolute Gasteiger partial charge is 0.224 e. The van der Waals surface area contributed by atoms with Gasteiger partial charge in [0.25, 0.3) is 0 Å². The summed E-state index contributed by atoms with van der Waals surface area (Å²) in [5.74, 6) is 0.972. The Morgan fingerprint density at radius 2 is 1.86 bits per heavy atom. The maximum absolute atomic E-state index is 8.88. The summed E-state index contributed by atoms with van der Waals surface area (Å²) in [5.41, 5.74) is 2.44. The normalized spacial score (nSPS) is 9.95. The molecule has 108 valence electrons. The second-order valence-electron chi connectivity index (χ2n) is 4.29. The Morgan fingerprint density at radius 3 is 2.48 bits per heavy atom. The summed E-state index contributed by atoms with van der Waals surface area (Å²) in [7, 11) is 3.11. The Bertz CT molecular complexity index is 630. The topological polar surface area (TPSA) is 80.1 Å². The predicted molar refractivity (Wildman–Crippen MR) is 76.8 cm³/mol. The first-order chi connectivity index (χ1) is 10.3. The Morgan fingerprint density at radius 1 is 1.14 bits per heavy atom.